The fraction of sp³-hybridized carbons (Fsp3) is 0.300. The third-order valence-corrected chi connectivity index (χ3v) is 1.81. The number of carbonyl (C=O) groups is 1. The summed E-state index contributed by atoms with van der Waals surface area (Å²) < 4.78 is 5.39. The Balaban J connectivity index is 2.92. The smallest absolute Gasteiger partial charge is 0.151 e. The SMILES string of the molecule is CC(C)Oc1ccc(Cl)c(C=O)c1. The van der Waals surface area contributed by atoms with Crippen molar-refractivity contribution in [3.8, 4) is 5.75 Å². The Kier molecular flexibility index (Phi) is 3.32. The maximum atomic E-state index is 10.5. The summed E-state index contributed by atoms with van der Waals surface area (Å²) in [7, 11) is 0. The second-order valence-corrected chi connectivity index (χ2v) is 3.37. The van der Waals surface area contributed by atoms with E-state index in [1.54, 1.807) is 18.2 Å². The van der Waals surface area contributed by atoms with Gasteiger partial charge >= 0.3 is 0 Å². The van der Waals surface area contributed by atoms with Gasteiger partial charge in [-0.15, -0.1) is 0 Å². The minimum Gasteiger partial charge on any atom is -0.491 e. The van der Waals surface area contributed by atoms with Gasteiger partial charge in [0, 0.05) is 5.56 Å². The van der Waals surface area contributed by atoms with Crippen LogP contribution in [0.4, 0.5) is 0 Å². The summed E-state index contributed by atoms with van der Waals surface area (Å²) in [4.78, 5) is 10.5. The van der Waals surface area contributed by atoms with Crippen molar-refractivity contribution in [2.24, 2.45) is 0 Å². The molecule has 1 rings (SSSR count). The van der Waals surface area contributed by atoms with E-state index in [0.29, 0.717) is 16.3 Å². The van der Waals surface area contributed by atoms with E-state index in [1.165, 1.54) is 0 Å². The summed E-state index contributed by atoms with van der Waals surface area (Å²) in [6, 6.07) is 5.04. The molecule has 0 unspecified atom stereocenters. The molecule has 0 radical (unpaired) electrons. The Bertz CT molecular complexity index is 308. The van der Waals surface area contributed by atoms with Crippen molar-refractivity contribution in [2.45, 2.75) is 20.0 Å². The van der Waals surface area contributed by atoms with Crippen LogP contribution < -0.4 is 4.74 Å². The molecule has 3 heteroatoms. The van der Waals surface area contributed by atoms with Gasteiger partial charge in [0.05, 0.1) is 11.1 Å². The second kappa shape index (κ2) is 4.28. The molecule has 1 aromatic rings. The summed E-state index contributed by atoms with van der Waals surface area (Å²) in [5, 5.41) is 0.450. The molecule has 0 aliphatic carbocycles. The third kappa shape index (κ3) is 2.74. The molecule has 0 N–H and O–H groups in total. The van der Waals surface area contributed by atoms with Crippen molar-refractivity contribution in [1.29, 1.82) is 0 Å². The van der Waals surface area contributed by atoms with E-state index in [-0.39, 0.29) is 6.10 Å². The monoisotopic (exact) mass is 198 g/mol. The standard InChI is InChI=1S/C10H11ClO2/c1-7(2)13-9-3-4-10(11)8(5-9)6-12/h3-7H,1-2H3. The fourth-order valence-corrected chi connectivity index (χ4v) is 1.12. The lowest BCUT2D eigenvalue weighted by Crippen LogP contribution is -2.05. The Morgan fingerprint density at radius 1 is 1.46 bits per heavy atom. The van der Waals surface area contributed by atoms with E-state index in [2.05, 4.69) is 0 Å². The largest absolute Gasteiger partial charge is 0.491 e. The van der Waals surface area contributed by atoms with Crippen LogP contribution in [0.3, 0.4) is 0 Å². The molecule has 70 valence electrons. The van der Waals surface area contributed by atoms with Gasteiger partial charge in [-0.1, -0.05) is 11.6 Å². The number of hydrogen-bond donors (Lipinski definition) is 0. The number of hydrogen-bond acceptors (Lipinski definition) is 2. The number of rotatable bonds is 3. The highest BCUT2D eigenvalue weighted by Crippen LogP contribution is 2.21. The highest BCUT2D eigenvalue weighted by Gasteiger charge is 2.02. The first-order chi connectivity index (χ1) is 6.13. The molecule has 0 atom stereocenters. The number of benzene rings is 1. The third-order valence-electron chi connectivity index (χ3n) is 1.47. The summed E-state index contributed by atoms with van der Waals surface area (Å²) in [6.07, 6.45) is 0.816. The molecule has 2 nitrogen and oxygen atoms in total. The van der Waals surface area contributed by atoms with Gasteiger partial charge in [-0.25, -0.2) is 0 Å². The van der Waals surface area contributed by atoms with Gasteiger partial charge in [-0.2, -0.15) is 0 Å². The van der Waals surface area contributed by atoms with E-state index in [1.807, 2.05) is 13.8 Å². The van der Waals surface area contributed by atoms with E-state index in [4.69, 9.17) is 16.3 Å². The summed E-state index contributed by atoms with van der Waals surface area (Å²) in [5.74, 6) is 0.668. The molecule has 1 aromatic carbocycles. The summed E-state index contributed by atoms with van der Waals surface area (Å²) >= 11 is 5.75. The number of carbonyl (C=O) groups excluding carboxylic acids is 1. The van der Waals surface area contributed by atoms with Gasteiger partial charge in [-0.05, 0) is 32.0 Å². The van der Waals surface area contributed by atoms with E-state index < -0.39 is 0 Å². The lowest BCUT2D eigenvalue weighted by molar-refractivity contribution is 0.112. The van der Waals surface area contributed by atoms with Crippen LogP contribution in [0.1, 0.15) is 24.2 Å². The minimum atomic E-state index is 0.0978. The molecule has 0 heterocycles. The van der Waals surface area contributed by atoms with Crippen molar-refractivity contribution >= 4 is 17.9 Å². The van der Waals surface area contributed by atoms with Gasteiger partial charge in [0.2, 0.25) is 0 Å². The van der Waals surface area contributed by atoms with Gasteiger partial charge in [0.1, 0.15) is 5.75 Å². The number of aldehydes is 1. The minimum absolute atomic E-state index is 0.0978. The molecular formula is C10H11ClO2. The molecule has 0 fully saturated rings. The van der Waals surface area contributed by atoms with E-state index >= 15 is 0 Å². The molecule has 13 heavy (non-hydrogen) atoms. The average Bonchev–Trinajstić information content (AvgIpc) is 2.07. The van der Waals surface area contributed by atoms with Crippen LogP contribution in [-0.4, -0.2) is 12.4 Å². The molecule has 0 spiro atoms. The van der Waals surface area contributed by atoms with Gasteiger partial charge in [-0.3, -0.25) is 4.79 Å². The number of ether oxygens (including phenoxy) is 1. The Morgan fingerprint density at radius 2 is 2.15 bits per heavy atom. The lowest BCUT2D eigenvalue weighted by atomic mass is 10.2. The topological polar surface area (TPSA) is 26.3 Å². The zero-order chi connectivity index (χ0) is 9.84. The van der Waals surface area contributed by atoms with Gasteiger partial charge in [0.25, 0.3) is 0 Å². The molecular weight excluding hydrogens is 188 g/mol. The zero-order valence-corrected chi connectivity index (χ0v) is 8.34. The molecule has 0 amide bonds. The van der Waals surface area contributed by atoms with Crippen molar-refractivity contribution in [3.05, 3.63) is 28.8 Å². The van der Waals surface area contributed by atoms with Crippen LogP contribution in [-0.2, 0) is 0 Å². The quantitative estimate of drug-likeness (QED) is 0.698. The summed E-state index contributed by atoms with van der Waals surface area (Å²) in [5.41, 5.74) is 0.458. The molecule has 0 aromatic heterocycles. The Labute approximate surface area is 82.5 Å². The first kappa shape index (κ1) is 10.1. The van der Waals surface area contributed by atoms with E-state index in [0.717, 1.165) is 6.29 Å². The lowest BCUT2D eigenvalue weighted by Gasteiger charge is -2.09. The fourth-order valence-electron chi connectivity index (χ4n) is 0.958. The summed E-state index contributed by atoms with van der Waals surface area (Å²) in [6.45, 7) is 3.85. The molecule has 0 saturated heterocycles. The highest BCUT2D eigenvalue weighted by atomic mass is 35.5. The van der Waals surface area contributed by atoms with Crippen molar-refractivity contribution < 1.29 is 9.53 Å². The van der Waals surface area contributed by atoms with Gasteiger partial charge < -0.3 is 4.74 Å². The van der Waals surface area contributed by atoms with Crippen LogP contribution in [0.5, 0.6) is 5.75 Å². The van der Waals surface area contributed by atoms with E-state index in [9.17, 15) is 4.79 Å². The zero-order valence-electron chi connectivity index (χ0n) is 7.58. The first-order valence-electron chi connectivity index (χ1n) is 4.05. The second-order valence-electron chi connectivity index (χ2n) is 2.97. The van der Waals surface area contributed by atoms with Crippen molar-refractivity contribution in [1.82, 2.24) is 0 Å². The predicted octanol–water partition coefficient (Wildman–Crippen LogP) is 2.94. The molecule has 0 aliphatic rings. The van der Waals surface area contributed by atoms with Gasteiger partial charge in [0.15, 0.2) is 6.29 Å². The van der Waals surface area contributed by atoms with Crippen molar-refractivity contribution in [2.75, 3.05) is 0 Å². The highest BCUT2D eigenvalue weighted by molar-refractivity contribution is 6.32. The molecule has 0 aliphatic heterocycles. The number of halogens is 1. The maximum absolute atomic E-state index is 10.5. The van der Waals surface area contributed by atoms with Crippen LogP contribution in [0.15, 0.2) is 18.2 Å². The predicted molar refractivity (Wildman–Crippen MR) is 52.6 cm³/mol. The van der Waals surface area contributed by atoms with Crippen LogP contribution >= 0.6 is 11.6 Å². The first-order valence-corrected chi connectivity index (χ1v) is 4.42. The van der Waals surface area contributed by atoms with Crippen LogP contribution in [0.25, 0.3) is 0 Å². The normalized spacial score (nSPS) is 10.2. The average molecular weight is 199 g/mol. The van der Waals surface area contributed by atoms with Crippen molar-refractivity contribution in [3.63, 3.8) is 0 Å². The molecule has 0 saturated carbocycles. The Hall–Kier alpha value is -1.02. The Morgan fingerprint density at radius 3 is 2.69 bits per heavy atom. The van der Waals surface area contributed by atoms with Crippen LogP contribution in [0.2, 0.25) is 5.02 Å². The molecule has 0 bridgehead atoms. The maximum Gasteiger partial charge on any atom is 0.151 e. The van der Waals surface area contributed by atoms with Crippen LogP contribution in [0, 0.1) is 0 Å².